The summed E-state index contributed by atoms with van der Waals surface area (Å²) in [5.41, 5.74) is 3.20. The van der Waals surface area contributed by atoms with Crippen LogP contribution in [0.5, 0.6) is 0 Å². The van der Waals surface area contributed by atoms with Crippen LogP contribution in [-0.2, 0) is 6.42 Å². The zero-order chi connectivity index (χ0) is 13.8. The first-order valence-electron chi connectivity index (χ1n) is 6.64. The number of benzene rings is 2. The third-order valence-corrected chi connectivity index (χ3v) is 3.32. The van der Waals surface area contributed by atoms with Gasteiger partial charge >= 0.3 is 0 Å². The molecule has 1 atom stereocenters. The molecule has 100 valence electrons. The van der Waals surface area contributed by atoms with E-state index in [9.17, 15) is 9.50 Å². The van der Waals surface area contributed by atoms with Gasteiger partial charge in [0.2, 0.25) is 0 Å². The number of aliphatic hydroxyl groups is 1. The number of aryl methyl sites for hydroxylation is 2. The molecule has 0 fully saturated rings. The smallest absolute Gasteiger partial charge is 0.126 e. The summed E-state index contributed by atoms with van der Waals surface area (Å²) < 4.78 is 13.5. The van der Waals surface area contributed by atoms with Crippen molar-refractivity contribution in [2.24, 2.45) is 0 Å². The Labute approximate surface area is 113 Å². The molecular formula is C17H19FO. The van der Waals surface area contributed by atoms with Crippen molar-refractivity contribution in [2.45, 2.75) is 32.8 Å². The second kappa shape index (κ2) is 5.98. The average molecular weight is 258 g/mol. The minimum absolute atomic E-state index is 0.277. The molecule has 1 N–H and O–H groups in total. The normalized spacial score (nSPS) is 12.4. The molecule has 0 saturated heterocycles. The maximum Gasteiger partial charge on any atom is 0.126 e. The Morgan fingerprint density at radius 2 is 1.84 bits per heavy atom. The second-order valence-electron chi connectivity index (χ2n) is 4.91. The molecule has 0 aromatic heterocycles. The summed E-state index contributed by atoms with van der Waals surface area (Å²) in [5, 5.41) is 10.3. The lowest BCUT2D eigenvalue weighted by molar-refractivity contribution is 0.219. The van der Waals surface area contributed by atoms with Crippen molar-refractivity contribution >= 4 is 0 Å². The van der Waals surface area contributed by atoms with E-state index < -0.39 is 6.10 Å². The van der Waals surface area contributed by atoms with Crippen LogP contribution in [0.15, 0.2) is 42.5 Å². The average Bonchev–Trinajstić information content (AvgIpc) is 2.42. The minimum atomic E-state index is -0.771. The molecule has 2 aromatic rings. The summed E-state index contributed by atoms with van der Waals surface area (Å²) in [6, 6.07) is 12.7. The summed E-state index contributed by atoms with van der Waals surface area (Å²) in [4.78, 5) is 0. The Hall–Kier alpha value is -1.67. The van der Waals surface area contributed by atoms with Crippen molar-refractivity contribution in [3.63, 3.8) is 0 Å². The highest BCUT2D eigenvalue weighted by molar-refractivity contribution is 5.34. The van der Waals surface area contributed by atoms with Gasteiger partial charge < -0.3 is 5.11 Å². The third-order valence-electron chi connectivity index (χ3n) is 3.32. The minimum Gasteiger partial charge on any atom is -0.384 e. The van der Waals surface area contributed by atoms with E-state index in [1.54, 1.807) is 19.1 Å². The van der Waals surface area contributed by atoms with E-state index in [4.69, 9.17) is 0 Å². The lowest BCUT2D eigenvalue weighted by Gasteiger charge is -2.13. The van der Waals surface area contributed by atoms with Gasteiger partial charge in [-0.3, -0.25) is 0 Å². The number of hydrogen-bond acceptors (Lipinski definition) is 1. The fourth-order valence-corrected chi connectivity index (χ4v) is 2.18. The van der Waals surface area contributed by atoms with E-state index >= 15 is 0 Å². The number of rotatable bonds is 4. The molecule has 0 spiro atoms. The van der Waals surface area contributed by atoms with Crippen LogP contribution in [0.2, 0.25) is 0 Å². The van der Waals surface area contributed by atoms with Crippen molar-refractivity contribution in [2.75, 3.05) is 0 Å². The molecule has 0 radical (unpaired) electrons. The maximum absolute atomic E-state index is 13.5. The van der Waals surface area contributed by atoms with Gasteiger partial charge in [0, 0.05) is 0 Å². The van der Waals surface area contributed by atoms with Gasteiger partial charge in [-0.25, -0.2) is 4.39 Å². The summed E-state index contributed by atoms with van der Waals surface area (Å²) in [6.45, 7) is 3.84. The lowest BCUT2D eigenvalue weighted by atomic mass is 9.97. The van der Waals surface area contributed by atoms with Crippen LogP contribution < -0.4 is 0 Å². The summed E-state index contributed by atoms with van der Waals surface area (Å²) in [7, 11) is 0. The summed E-state index contributed by atoms with van der Waals surface area (Å²) in [5.74, 6) is -0.277. The first kappa shape index (κ1) is 13.8. The molecule has 2 aromatic carbocycles. The van der Waals surface area contributed by atoms with Crippen molar-refractivity contribution in [3.8, 4) is 0 Å². The molecule has 2 heteroatoms. The van der Waals surface area contributed by atoms with Crippen molar-refractivity contribution in [3.05, 3.63) is 70.5 Å². The molecule has 19 heavy (non-hydrogen) atoms. The molecule has 1 unspecified atom stereocenters. The molecule has 0 aliphatic carbocycles. The predicted molar refractivity (Wildman–Crippen MR) is 75.6 cm³/mol. The van der Waals surface area contributed by atoms with Gasteiger partial charge in [-0.15, -0.1) is 0 Å². The van der Waals surface area contributed by atoms with Crippen molar-refractivity contribution in [1.82, 2.24) is 0 Å². The van der Waals surface area contributed by atoms with Crippen molar-refractivity contribution in [1.29, 1.82) is 0 Å². The highest BCUT2D eigenvalue weighted by Crippen LogP contribution is 2.24. The number of aliphatic hydroxyl groups excluding tert-OH is 1. The molecule has 0 saturated carbocycles. The van der Waals surface area contributed by atoms with Crippen LogP contribution in [0.25, 0.3) is 0 Å². The Bertz CT molecular complexity index is 563. The SMILES string of the molecule is CCCc1cccc(C(O)c2ccc(C)c(F)c2)c1. The molecule has 0 aliphatic rings. The standard InChI is InChI=1S/C17H19FO/c1-3-5-13-6-4-7-14(10-13)17(19)15-9-8-12(2)16(18)11-15/h4,6-11,17,19H,3,5H2,1-2H3. The molecule has 1 nitrogen and oxygen atoms in total. The van der Waals surface area contributed by atoms with Crippen molar-refractivity contribution < 1.29 is 9.50 Å². The van der Waals surface area contributed by atoms with Crippen LogP contribution in [0.3, 0.4) is 0 Å². The van der Waals surface area contributed by atoms with Gasteiger partial charge in [-0.1, -0.05) is 49.7 Å². The third kappa shape index (κ3) is 3.21. The van der Waals surface area contributed by atoms with E-state index in [0.29, 0.717) is 11.1 Å². The molecule has 0 aliphatic heterocycles. The van der Waals surface area contributed by atoms with Crippen LogP contribution in [0.4, 0.5) is 4.39 Å². The van der Waals surface area contributed by atoms with Gasteiger partial charge in [0.25, 0.3) is 0 Å². The van der Waals surface area contributed by atoms with Gasteiger partial charge in [-0.2, -0.15) is 0 Å². The predicted octanol–water partition coefficient (Wildman–Crippen LogP) is 4.17. The van der Waals surface area contributed by atoms with E-state index in [2.05, 4.69) is 13.0 Å². The Kier molecular flexibility index (Phi) is 4.33. The molecule has 0 amide bonds. The first-order valence-corrected chi connectivity index (χ1v) is 6.64. The van der Waals surface area contributed by atoms with E-state index in [0.717, 1.165) is 18.4 Å². The molecular weight excluding hydrogens is 239 g/mol. The van der Waals surface area contributed by atoms with E-state index in [-0.39, 0.29) is 5.82 Å². The van der Waals surface area contributed by atoms with Gasteiger partial charge in [0.1, 0.15) is 11.9 Å². The molecule has 0 heterocycles. The van der Waals surface area contributed by atoms with Gasteiger partial charge in [0.15, 0.2) is 0 Å². The van der Waals surface area contributed by atoms with Crippen LogP contribution in [0, 0.1) is 12.7 Å². The van der Waals surface area contributed by atoms with Crippen LogP contribution in [-0.4, -0.2) is 5.11 Å². The Morgan fingerprint density at radius 3 is 2.53 bits per heavy atom. The monoisotopic (exact) mass is 258 g/mol. The zero-order valence-electron chi connectivity index (χ0n) is 11.4. The molecule has 2 rings (SSSR count). The first-order chi connectivity index (χ1) is 9.11. The largest absolute Gasteiger partial charge is 0.384 e. The van der Waals surface area contributed by atoms with Crippen LogP contribution >= 0.6 is 0 Å². The fourth-order valence-electron chi connectivity index (χ4n) is 2.18. The Morgan fingerprint density at radius 1 is 1.11 bits per heavy atom. The van der Waals surface area contributed by atoms with Gasteiger partial charge in [-0.05, 0) is 41.7 Å². The Balaban J connectivity index is 2.29. The van der Waals surface area contributed by atoms with E-state index in [1.165, 1.54) is 11.6 Å². The maximum atomic E-state index is 13.5. The van der Waals surface area contributed by atoms with Crippen LogP contribution in [0.1, 0.15) is 41.7 Å². The summed E-state index contributed by atoms with van der Waals surface area (Å²) >= 11 is 0. The van der Waals surface area contributed by atoms with Gasteiger partial charge in [0.05, 0.1) is 0 Å². The second-order valence-corrected chi connectivity index (χ2v) is 4.91. The zero-order valence-corrected chi connectivity index (χ0v) is 11.4. The highest BCUT2D eigenvalue weighted by atomic mass is 19.1. The topological polar surface area (TPSA) is 20.2 Å². The highest BCUT2D eigenvalue weighted by Gasteiger charge is 2.12. The fraction of sp³-hybridized carbons (Fsp3) is 0.294. The lowest BCUT2D eigenvalue weighted by Crippen LogP contribution is -2.01. The number of halogens is 1. The number of hydrogen-bond donors (Lipinski definition) is 1. The molecule has 0 bridgehead atoms. The van der Waals surface area contributed by atoms with E-state index in [1.807, 2.05) is 18.2 Å². The quantitative estimate of drug-likeness (QED) is 0.872. The summed E-state index contributed by atoms with van der Waals surface area (Å²) in [6.07, 6.45) is 1.29.